The summed E-state index contributed by atoms with van der Waals surface area (Å²) in [4.78, 5) is 7.94. The molecule has 0 saturated heterocycles. The van der Waals surface area contributed by atoms with Crippen LogP contribution in [0.1, 0.15) is 5.56 Å². The summed E-state index contributed by atoms with van der Waals surface area (Å²) >= 11 is 5.86. The van der Waals surface area contributed by atoms with Gasteiger partial charge in [-0.15, -0.1) is 0 Å². The molecule has 0 spiro atoms. The third-order valence-electron chi connectivity index (χ3n) is 1.89. The van der Waals surface area contributed by atoms with E-state index >= 15 is 0 Å². The van der Waals surface area contributed by atoms with E-state index in [1.165, 1.54) is 0 Å². The summed E-state index contributed by atoms with van der Waals surface area (Å²) in [6, 6.07) is 7.50. The van der Waals surface area contributed by atoms with Crippen molar-refractivity contribution in [2.24, 2.45) is 0 Å². The second kappa shape index (κ2) is 4.28. The van der Waals surface area contributed by atoms with Crippen LogP contribution in [0.15, 0.2) is 36.7 Å². The molecule has 0 aliphatic rings. The van der Waals surface area contributed by atoms with E-state index in [1.807, 2.05) is 19.1 Å². The average molecular weight is 221 g/mol. The molecule has 2 rings (SSSR count). The van der Waals surface area contributed by atoms with Crippen LogP contribution in [0.5, 0.6) is 11.8 Å². The molecule has 0 amide bonds. The first-order valence-corrected chi connectivity index (χ1v) is 4.84. The van der Waals surface area contributed by atoms with E-state index in [2.05, 4.69) is 9.97 Å². The molecule has 3 nitrogen and oxygen atoms in total. The second-order valence-electron chi connectivity index (χ2n) is 3.04. The highest BCUT2D eigenvalue weighted by Gasteiger charge is 2.03. The number of hydrogen-bond acceptors (Lipinski definition) is 3. The van der Waals surface area contributed by atoms with Crippen molar-refractivity contribution in [2.75, 3.05) is 0 Å². The van der Waals surface area contributed by atoms with Gasteiger partial charge in [0.05, 0.1) is 0 Å². The Morgan fingerprint density at radius 3 is 2.67 bits per heavy atom. The number of nitrogens with zero attached hydrogens (tertiary/aromatic N) is 2. The number of rotatable bonds is 2. The molecule has 1 aromatic carbocycles. The fraction of sp³-hybridized carbons (Fsp3) is 0.0909. The van der Waals surface area contributed by atoms with Crippen LogP contribution in [-0.4, -0.2) is 9.97 Å². The van der Waals surface area contributed by atoms with Crippen molar-refractivity contribution in [3.05, 3.63) is 47.2 Å². The summed E-state index contributed by atoms with van der Waals surface area (Å²) in [6.07, 6.45) is 3.25. The molecule has 0 bridgehead atoms. The molecule has 76 valence electrons. The zero-order chi connectivity index (χ0) is 10.7. The molecule has 0 unspecified atom stereocenters. The molecular formula is C11H9ClN2O. The first-order valence-electron chi connectivity index (χ1n) is 4.47. The maximum atomic E-state index is 5.86. The zero-order valence-electron chi connectivity index (χ0n) is 8.14. The molecule has 1 heterocycles. The van der Waals surface area contributed by atoms with Gasteiger partial charge in [0.15, 0.2) is 0 Å². The Labute approximate surface area is 92.7 Å². The highest BCUT2D eigenvalue weighted by molar-refractivity contribution is 6.30. The SMILES string of the molecule is Cc1ccc(Cl)cc1Oc1ncccn1. The highest BCUT2D eigenvalue weighted by atomic mass is 35.5. The van der Waals surface area contributed by atoms with E-state index in [1.54, 1.807) is 24.5 Å². The van der Waals surface area contributed by atoms with Gasteiger partial charge < -0.3 is 4.74 Å². The van der Waals surface area contributed by atoms with Crippen LogP contribution in [0.4, 0.5) is 0 Å². The number of hydrogen-bond donors (Lipinski definition) is 0. The first-order chi connectivity index (χ1) is 7.25. The van der Waals surface area contributed by atoms with Crippen molar-refractivity contribution >= 4 is 11.6 Å². The van der Waals surface area contributed by atoms with Crippen molar-refractivity contribution in [3.63, 3.8) is 0 Å². The van der Waals surface area contributed by atoms with Gasteiger partial charge in [0, 0.05) is 17.4 Å². The molecule has 0 fully saturated rings. The van der Waals surface area contributed by atoms with Crippen LogP contribution in [0.2, 0.25) is 5.02 Å². The Hall–Kier alpha value is -1.61. The second-order valence-corrected chi connectivity index (χ2v) is 3.48. The van der Waals surface area contributed by atoms with Crippen LogP contribution in [-0.2, 0) is 0 Å². The van der Waals surface area contributed by atoms with Gasteiger partial charge in [-0.05, 0) is 30.7 Å². The molecule has 0 atom stereocenters. The number of aromatic nitrogens is 2. The molecule has 0 radical (unpaired) electrons. The maximum absolute atomic E-state index is 5.86. The lowest BCUT2D eigenvalue weighted by Gasteiger charge is -2.06. The molecule has 0 saturated carbocycles. The monoisotopic (exact) mass is 220 g/mol. The van der Waals surface area contributed by atoms with Crippen molar-refractivity contribution in [1.29, 1.82) is 0 Å². The van der Waals surface area contributed by atoms with Crippen molar-refractivity contribution in [2.45, 2.75) is 6.92 Å². The Balaban J connectivity index is 2.28. The molecule has 1 aromatic heterocycles. The van der Waals surface area contributed by atoms with Crippen molar-refractivity contribution < 1.29 is 4.74 Å². The summed E-state index contributed by atoms with van der Waals surface area (Å²) < 4.78 is 5.48. The lowest BCUT2D eigenvalue weighted by Crippen LogP contribution is -1.92. The van der Waals surface area contributed by atoms with E-state index < -0.39 is 0 Å². The van der Waals surface area contributed by atoms with Crippen LogP contribution < -0.4 is 4.74 Å². The van der Waals surface area contributed by atoms with Gasteiger partial charge in [-0.3, -0.25) is 0 Å². The van der Waals surface area contributed by atoms with Crippen LogP contribution in [0.3, 0.4) is 0 Å². The summed E-state index contributed by atoms with van der Waals surface area (Å²) in [5.41, 5.74) is 0.992. The summed E-state index contributed by atoms with van der Waals surface area (Å²) in [5, 5.41) is 0.631. The van der Waals surface area contributed by atoms with Gasteiger partial charge in [0.1, 0.15) is 5.75 Å². The predicted molar refractivity (Wildman–Crippen MR) is 58.3 cm³/mol. The fourth-order valence-electron chi connectivity index (χ4n) is 1.12. The topological polar surface area (TPSA) is 35.0 Å². The molecule has 4 heteroatoms. The Kier molecular flexibility index (Phi) is 2.83. The van der Waals surface area contributed by atoms with Crippen molar-refractivity contribution in [3.8, 4) is 11.8 Å². The minimum Gasteiger partial charge on any atom is -0.424 e. The van der Waals surface area contributed by atoms with Gasteiger partial charge >= 0.3 is 6.01 Å². The molecular weight excluding hydrogens is 212 g/mol. The third-order valence-corrected chi connectivity index (χ3v) is 2.13. The fourth-order valence-corrected chi connectivity index (χ4v) is 1.28. The third kappa shape index (κ3) is 2.44. The van der Waals surface area contributed by atoms with Crippen LogP contribution in [0.25, 0.3) is 0 Å². The maximum Gasteiger partial charge on any atom is 0.321 e. The minimum absolute atomic E-state index is 0.322. The number of benzene rings is 1. The highest BCUT2D eigenvalue weighted by Crippen LogP contribution is 2.25. The molecule has 15 heavy (non-hydrogen) atoms. The number of aryl methyl sites for hydroxylation is 1. The largest absolute Gasteiger partial charge is 0.424 e. The molecule has 0 aliphatic carbocycles. The lowest BCUT2D eigenvalue weighted by atomic mass is 10.2. The summed E-state index contributed by atoms with van der Waals surface area (Å²) in [5.74, 6) is 0.675. The number of halogens is 1. The minimum atomic E-state index is 0.322. The van der Waals surface area contributed by atoms with E-state index in [-0.39, 0.29) is 0 Å². The normalized spacial score (nSPS) is 10.0. The Morgan fingerprint density at radius 2 is 1.93 bits per heavy atom. The predicted octanol–water partition coefficient (Wildman–Crippen LogP) is 3.23. The molecule has 0 N–H and O–H groups in total. The molecule has 2 aromatic rings. The summed E-state index contributed by atoms with van der Waals surface area (Å²) in [6.45, 7) is 1.94. The smallest absolute Gasteiger partial charge is 0.321 e. The van der Waals surface area contributed by atoms with E-state index in [0.717, 1.165) is 5.56 Å². The molecule has 0 aliphatic heterocycles. The standard InChI is InChI=1S/C11H9ClN2O/c1-8-3-4-9(12)7-10(8)15-11-13-5-2-6-14-11/h2-7H,1H3. The van der Waals surface area contributed by atoms with Gasteiger partial charge in [-0.2, -0.15) is 0 Å². The van der Waals surface area contributed by atoms with Gasteiger partial charge in [-0.1, -0.05) is 17.7 Å². The van der Waals surface area contributed by atoms with Crippen LogP contribution >= 0.6 is 11.6 Å². The quantitative estimate of drug-likeness (QED) is 0.780. The van der Waals surface area contributed by atoms with Crippen LogP contribution in [0, 0.1) is 6.92 Å². The summed E-state index contributed by atoms with van der Waals surface area (Å²) in [7, 11) is 0. The average Bonchev–Trinajstić information content (AvgIpc) is 2.25. The van der Waals surface area contributed by atoms with Gasteiger partial charge in [-0.25, -0.2) is 9.97 Å². The number of ether oxygens (including phenoxy) is 1. The van der Waals surface area contributed by atoms with E-state index in [9.17, 15) is 0 Å². The zero-order valence-corrected chi connectivity index (χ0v) is 8.90. The van der Waals surface area contributed by atoms with Gasteiger partial charge in [0.25, 0.3) is 0 Å². The van der Waals surface area contributed by atoms with E-state index in [4.69, 9.17) is 16.3 Å². The van der Waals surface area contributed by atoms with Gasteiger partial charge in [0.2, 0.25) is 0 Å². The Morgan fingerprint density at radius 1 is 1.20 bits per heavy atom. The first kappa shape index (κ1) is 9.93. The van der Waals surface area contributed by atoms with Crippen molar-refractivity contribution in [1.82, 2.24) is 9.97 Å². The van der Waals surface area contributed by atoms with E-state index in [0.29, 0.717) is 16.8 Å². The lowest BCUT2D eigenvalue weighted by molar-refractivity contribution is 0.438. The Bertz CT molecular complexity index is 459.